The molecule has 12 heavy (non-hydrogen) atoms. The molecule has 1 aliphatic heterocycles. The maximum absolute atomic E-state index is 10.9. The third kappa shape index (κ3) is 3.09. The summed E-state index contributed by atoms with van der Waals surface area (Å²) < 4.78 is 0. The maximum Gasteiger partial charge on any atom is 0.314 e. The van der Waals surface area contributed by atoms with Crippen LogP contribution in [0.25, 0.3) is 0 Å². The molecule has 4 nitrogen and oxygen atoms in total. The number of nitrogens with one attached hydrogen (secondary N) is 3. The van der Waals surface area contributed by atoms with E-state index in [0.29, 0.717) is 6.04 Å². The molecule has 0 aliphatic carbocycles. The summed E-state index contributed by atoms with van der Waals surface area (Å²) >= 11 is 0. The van der Waals surface area contributed by atoms with Gasteiger partial charge in [0, 0.05) is 13.1 Å². The Morgan fingerprint density at radius 3 is 3.00 bits per heavy atom. The van der Waals surface area contributed by atoms with Gasteiger partial charge in [-0.15, -0.1) is 0 Å². The Labute approximate surface area is 73.1 Å². The van der Waals surface area contributed by atoms with Gasteiger partial charge in [0.1, 0.15) is 0 Å². The number of urea groups is 1. The molecule has 70 valence electrons. The number of rotatable bonds is 1. The number of amides is 2. The zero-order valence-corrected chi connectivity index (χ0v) is 7.52. The summed E-state index contributed by atoms with van der Waals surface area (Å²) in [5, 5.41) is 8.78. The molecule has 1 fully saturated rings. The smallest absolute Gasteiger partial charge is 0.314 e. The van der Waals surface area contributed by atoms with Gasteiger partial charge < -0.3 is 16.0 Å². The maximum atomic E-state index is 10.9. The largest absolute Gasteiger partial charge is 0.341 e. The Hall–Kier alpha value is -0.770. The van der Waals surface area contributed by atoms with Gasteiger partial charge in [-0.1, -0.05) is 0 Å². The van der Waals surface area contributed by atoms with Crippen molar-refractivity contribution in [2.45, 2.75) is 25.3 Å². The van der Waals surface area contributed by atoms with Gasteiger partial charge in [-0.3, -0.25) is 0 Å². The minimum Gasteiger partial charge on any atom is -0.341 e. The minimum atomic E-state index is -0.0677. The molecule has 1 atom stereocenters. The van der Waals surface area contributed by atoms with Crippen molar-refractivity contribution in [1.29, 1.82) is 0 Å². The minimum absolute atomic E-state index is 0.0677. The van der Waals surface area contributed by atoms with Crippen LogP contribution >= 0.6 is 0 Å². The van der Waals surface area contributed by atoms with Gasteiger partial charge in [-0.05, 0) is 32.4 Å². The average Bonchev–Trinajstić information content (AvgIpc) is 2.33. The Balaban J connectivity index is 2.24. The van der Waals surface area contributed by atoms with E-state index in [1.165, 1.54) is 0 Å². The van der Waals surface area contributed by atoms with Crippen LogP contribution in [-0.2, 0) is 0 Å². The predicted molar refractivity (Wildman–Crippen MR) is 48.1 cm³/mol. The van der Waals surface area contributed by atoms with E-state index in [4.69, 9.17) is 0 Å². The highest BCUT2D eigenvalue weighted by molar-refractivity contribution is 5.73. The fourth-order valence-corrected chi connectivity index (χ4v) is 1.42. The van der Waals surface area contributed by atoms with Crippen molar-refractivity contribution in [3.63, 3.8) is 0 Å². The van der Waals surface area contributed by atoms with E-state index in [2.05, 4.69) is 16.0 Å². The second-order valence-corrected chi connectivity index (χ2v) is 3.10. The van der Waals surface area contributed by atoms with Crippen LogP contribution in [0, 0.1) is 0 Å². The van der Waals surface area contributed by atoms with Crippen molar-refractivity contribution in [3.05, 3.63) is 0 Å². The Kier molecular flexibility index (Phi) is 3.87. The first-order valence-electron chi connectivity index (χ1n) is 4.52. The summed E-state index contributed by atoms with van der Waals surface area (Å²) in [4.78, 5) is 10.9. The number of hydrogen-bond donors (Lipinski definition) is 3. The van der Waals surface area contributed by atoms with Gasteiger partial charge in [0.25, 0.3) is 0 Å². The van der Waals surface area contributed by atoms with Gasteiger partial charge in [-0.25, -0.2) is 4.79 Å². The fourth-order valence-electron chi connectivity index (χ4n) is 1.42. The summed E-state index contributed by atoms with van der Waals surface area (Å²) in [5.41, 5.74) is 0. The standard InChI is InChI=1S/C8H17N3O/c1-9-8(12)11-7-3-2-5-10-6-4-7/h7,10H,2-6H2,1H3,(H2,9,11,12). The lowest BCUT2D eigenvalue weighted by Crippen LogP contribution is -2.40. The third-order valence-electron chi connectivity index (χ3n) is 2.14. The van der Waals surface area contributed by atoms with Gasteiger partial charge >= 0.3 is 6.03 Å². The van der Waals surface area contributed by atoms with Gasteiger partial charge in [0.05, 0.1) is 0 Å². The van der Waals surface area contributed by atoms with Crippen molar-refractivity contribution < 1.29 is 4.79 Å². The van der Waals surface area contributed by atoms with Crippen LogP contribution in [0.4, 0.5) is 4.79 Å². The Morgan fingerprint density at radius 2 is 2.25 bits per heavy atom. The van der Waals surface area contributed by atoms with Crippen LogP contribution in [0.1, 0.15) is 19.3 Å². The van der Waals surface area contributed by atoms with Crippen LogP contribution < -0.4 is 16.0 Å². The van der Waals surface area contributed by atoms with Crippen molar-refractivity contribution in [2.75, 3.05) is 20.1 Å². The molecule has 0 aromatic carbocycles. The van der Waals surface area contributed by atoms with Crippen LogP contribution in [0.5, 0.6) is 0 Å². The van der Waals surface area contributed by atoms with E-state index in [9.17, 15) is 4.79 Å². The van der Waals surface area contributed by atoms with E-state index in [0.717, 1.165) is 32.4 Å². The molecule has 0 saturated carbocycles. The van der Waals surface area contributed by atoms with Crippen molar-refractivity contribution >= 4 is 6.03 Å². The van der Waals surface area contributed by atoms with Crippen molar-refractivity contribution in [1.82, 2.24) is 16.0 Å². The first kappa shape index (κ1) is 9.32. The molecular formula is C8H17N3O. The molecule has 0 spiro atoms. The first-order chi connectivity index (χ1) is 5.83. The molecular weight excluding hydrogens is 154 g/mol. The van der Waals surface area contributed by atoms with Gasteiger partial charge in [0.2, 0.25) is 0 Å². The third-order valence-corrected chi connectivity index (χ3v) is 2.14. The average molecular weight is 171 g/mol. The van der Waals surface area contributed by atoms with Crippen LogP contribution in [0.2, 0.25) is 0 Å². The highest BCUT2D eigenvalue weighted by Crippen LogP contribution is 2.04. The lowest BCUT2D eigenvalue weighted by atomic mass is 10.1. The van der Waals surface area contributed by atoms with Crippen LogP contribution in [0.15, 0.2) is 0 Å². The molecule has 4 heteroatoms. The monoisotopic (exact) mass is 171 g/mol. The summed E-state index contributed by atoms with van der Waals surface area (Å²) in [7, 11) is 1.64. The van der Waals surface area contributed by atoms with E-state index in [1.54, 1.807) is 7.05 Å². The Morgan fingerprint density at radius 1 is 1.42 bits per heavy atom. The second kappa shape index (κ2) is 4.98. The highest BCUT2D eigenvalue weighted by Gasteiger charge is 2.12. The quantitative estimate of drug-likeness (QED) is 0.522. The zero-order valence-electron chi connectivity index (χ0n) is 7.52. The van der Waals surface area contributed by atoms with Crippen LogP contribution in [0.3, 0.4) is 0 Å². The summed E-state index contributed by atoms with van der Waals surface area (Å²) in [5.74, 6) is 0. The molecule has 3 N–H and O–H groups in total. The number of hydrogen-bond acceptors (Lipinski definition) is 2. The number of carbonyl (C=O) groups excluding carboxylic acids is 1. The Bertz CT molecular complexity index is 141. The predicted octanol–water partition coefficient (Wildman–Crippen LogP) is 0.0575. The van der Waals surface area contributed by atoms with Crippen LogP contribution in [-0.4, -0.2) is 32.2 Å². The molecule has 0 aromatic heterocycles. The van der Waals surface area contributed by atoms with Gasteiger partial charge in [0.15, 0.2) is 0 Å². The molecule has 2 amide bonds. The lowest BCUT2D eigenvalue weighted by molar-refractivity contribution is 0.238. The molecule has 0 radical (unpaired) electrons. The van der Waals surface area contributed by atoms with Crippen molar-refractivity contribution in [3.8, 4) is 0 Å². The highest BCUT2D eigenvalue weighted by atomic mass is 16.2. The summed E-state index contributed by atoms with van der Waals surface area (Å²) in [6.45, 7) is 2.08. The normalized spacial score (nSPS) is 24.2. The summed E-state index contributed by atoms with van der Waals surface area (Å²) in [6, 6.07) is 0.279. The molecule has 1 heterocycles. The number of carbonyl (C=O) groups is 1. The van der Waals surface area contributed by atoms with E-state index >= 15 is 0 Å². The SMILES string of the molecule is CNC(=O)NC1CCCNCC1. The van der Waals surface area contributed by atoms with E-state index in [1.807, 2.05) is 0 Å². The van der Waals surface area contributed by atoms with Gasteiger partial charge in [-0.2, -0.15) is 0 Å². The molecule has 1 unspecified atom stereocenters. The van der Waals surface area contributed by atoms with Crippen molar-refractivity contribution in [2.24, 2.45) is 0 Å². The molecule has 1 aliphatic rings. The first-order valence-corrected chi connectivity index (χ1v) is 4.52. The summed E-state index contributed by atoms with van der Waals surface area (Å²) in [6.07, 6.45) is 3.27. The molecule has 0 bridgehead atoms. The topological polar surface area (TPSA) is 53.2 Å². The second-order valence-electron chi connectivity index (χ2n) is 3.10. The zero-order chi connectivity index (χ0) is 8.81. The molecule has 1 saturated heterocycles. The fraction of sp³-hybridized carbons (Fsp3) is 0.875. The molecule has 1 rings (SSSR count). The molecule has 0 aromatic rings. The lowest BCUT2D eigenvalue weighted by Gasteiger charge is -2.14. The van der Waals surface area contributed by atoms with E-state index < -0.39 is 0 Å². The van der Waals surface area contributed by atoms with E-state index in [-0.39, 0.29) is 6.03 Å².